The fourth-order valence-electron chi connectivity index (χ4n) is 2.20. The van der Waals surface area contributed by atoms with Crippen LogP contribution in [0, 0.1) is 5.92 Å². The Balaban J connectivity index is 2.45. The monoisotopic (exact) mass is 261 g/mol. The highest BCUT2D eigenvalue weighted by Crippen LogP contribution is 2.39. The molecule has 96 valence electrons. The van der Waals surface area contributed by atoms with Gasteiger partial charge in [0.05, 0.1) is 5.00 Å². The quantitative estimate of drug-likeness (QED) is 0.649. The molecule has 1 atom stereocenters. The summed E-state index contributed by atoms with van der Waals surface area (Å²) in [6, 6.07) is 0. The predicted molar refractivity (Wildman–Crippen MR) is 78.9 cm³/mol. The molecule has 1 aromatic heterocycles. The van der Waals surface area contributed by atoms with Gasteiger partial charge in [-0.25, -0.2) is 0 Å². The minimum atomic E-state index is -0.156. The minimum Gasteiger partial charge on any atom is -0.390 e. The van der Waals surface area contributed by atoms with Crippen LogP contribution in [-0.2, 0) is 0 Å². The van der Waals surface area contributed by atoms with E-state index in [2.05, 4.69) is 13.5 Å². The first-order valence-corrected chi connectivity index (χ1v) is 7.17. The average molecular weight is 261 g/mol. The fraction of sp³-hybridized carbons (Fsp3) is 0.400. The van der Waals surface area contributed by atoms with Gasteiger partial charge in [-0.2, -0.15) is 0 Å². The van der Waals surface area contributed by atoms with Crippen molar-refractivity contribution in [3.05, 3.63) is 34.7 Å². The number of allylic oxidation sites excluding steroid dienone is 3. The Morgan fingerprint density at radius 1 is 1.56 bits per heavy atom. The summed E-state index contributed by atoms with van der Waals surface area (Å²) < 4.78 is 0. The van der Waals surface area contributed by atoms with Crippen LogP contribution in [0.2, 0.25) is 0 Å². The van der Waals surface area contributed by atoms with Crippen LogP contribution in [-0.4, -0.2) is 5.78 Å². The summed E-state index contributed by atoms with van der Waals surface area (Å²) in [6.07, 6.45) is 5.23. The van der Waals surface area contributed by atoms with Gasteiger partial charge in [0.25, 0.3) is 0 Å². The number of rotatable bonds is 4. The standard InChI is InChI=1S/C15H19NOS/c1-4-9(2)14(17)12-8-18-15(16)13(12)10(3)11-6-5-7-11/h4,8-9H,1,5-7,16H2,2-3H3. The topological polar surface area (TPSA) is 43.1 Å². The third-order valence-corrected chi connectivity index (χ3v) is 4.53. The highest BCUT2D eigenvalue weighted by molar-refractivity contribution is 7.14. The molecule has 1 saturated carbocycles. The third kappa shape index (κ3) is 2.15. The van der Waals surface area contributed by atoms with Crippen molar-refractivity contribution < 1.29 is 4.79 Å². The molecule has 2 nitrogen and oxygen atoms in total. The van der Waals surface area contributed by atoms with Gasteiger partial charge in [-0.1, -0.05) is 18.6 Å². The van der Waals surface area contributed by atoms with Crippen LogP contribution in [0.3, 0.4) is 0 Å². The molecule has 2 N–H and O–H groups in total. The number of carbonyl (C=O) groups is 1. The summed E-state index contributed by atoms with van der Waals surface area (Å²) in [6.45, 7) is 7.65. The maximum Gasteiger partial charge on any atom is 0.170 e. The summed E-state index contributed by atoms with van der Waals surface area (Å²) in [5, 5.41) is 2.64. The predicted octanol–water partition coefficient (Wildman–Crippen LogP) is 4.29. The fourth-order valence-corrected chi connectivity index (χ4v) is 3.06. The van der Waals surface area contributed by atoms with E-state index in [-0.39, 0.29) is 11.7 Å². The van der Waals surface area contributed by atoms with Gasteiger partial charge in [-0.15, -0.1) is 17.9 Å². The number of hydrogen-bond acceptors (Lipinski definition) is 3. The Hall–Kier alpha value is -1.35. The van der Waals surface area contributed by atoms with Gasteiger partial charge in [-0.05, 0) is 31.8 Å². The average Bonchev–Trinajstić information content (AvgIpc) is 2.66. The molecule has 3 heteroatoms. The van der Waals surface area contributed by atoms with Crippen molar-refractivity contribution in [2.75, 3.05) is 5.73 Å². The maximum atomic E-state index is 12.3. The molecule has 0 spiro atoms. The van der Waals surface area contributed by atoms with Crippen LogP contribution in [0.1, 0.15) is 49.0 Å². The van der Waals surface area contributed by atoms with Gasteiger partial charge in [0, 0.05) is 22.4 Å². The molecule has 1 aromatic rings. The zero-order valence-corrected chi connectivity index (χ0v) is 11.8. The summed E-state index contributed by atoms with van der Waals surface area (Å²) in [5.74, 6) is -0.0378. The summed E-state index contributed by atoms with van der Waals surface area (Å²) in [7, 11) is 0. The van der Waals surface area contributed by atoms with Gasteiger partial charge in [-0.3, -0.25) is 4.79 Å². The van der Waals surface area contributed by atoms with Crippen LogP contribution < -0.4 is 5.73 Å². The van der Waals surface area contributed by atoms with Crippen molar-refractivity contribution in [2.45, 2.75) is 33.1 Å². The van der Waals surface area contributed by atoms with E-state index in [9.17, 15) is 4.79 Å². The molecule has 1 aliphatic rings. The van der Waals surface area contributed by atoms with Gasteiger partial charge in [0.2, 0.25) is 0 Å². The SMILES string of the molecule is C=CC(C)C(=O)c1csc(N)c1C(C)=C1CCC1. The lowest BCUT2D eigenvalue weighted by Crippen LogP contribution is -2.11. The second kappa shape index (κ2) is 5.11. The van der Waals surface area contributed by atoms with E-state index < -0.39 is 0 Å². The Bertz CT molecular complexity index is 519. The molecule has 0 radical (unpaired) electrons. The first-order chi connectivity index (χ1) is 8.56. The second-order valence-corrected chi connectivity index (χ2v) is 5.77. The largest absolute Gasteiger partial charge is 0.390 e. The molecule has 0 bridgehead atoms. The van der Waals surface area contributed by atoms with E-state index in [1.807, 2.05) is 12.3 Å². The van der Waals surface area contributed by atoms with Gasteiger partial charge in [0.15, 0.2) is 5.78 Å². The zero-order valence-electron chi connectivity index (χ0n) is 11.0. The molecule has 2 rings (SSSR count). The number of anilines is 1. The van der Waals surface area contributed by atoms with Crippen LogP contribution in [0.25, 0.3) is 5.57 Å². The van der Waals surface area contributed by atoms with E-state index in [1.165, 1.54) is 28.9 Å². The Morgan fingerprint density at radius 2 is 2.22 bits per heavy atom. The summed E-state index contributed by atoms with van der Waals surface area (Å²) in [4.78, 5) is 12.3. The van der Waals surface area contributed by atoms with Crippen LogP contribution >= 0.6 is 11.3 Å². The third-order valence-electron chi connectivity index (χ3n) is 3.71. The van der Waals surface area contributed by atoms with Crippen molar-refractivity contribution in [1.29, 1.82) is 0 Å². The molecule has 0 amide bonds. The van der Waals surface area contributed by atoms with Gasteiger partial charge >= 0.3 is 0 Å². The Labute approximate surface area is 112 Å². The molecule has 18 heavy (non-hydrogen) atoms. The molecule has 1 heterocycles. The van der Waals surface area contributed by atoms with Crippen LogP contribution in [0.4, 0.5) is 5.00 Å². The van der Waals surface area contributed by atoms with E-state index in [0.717, 1.165) is 29.0 Å². The lowest BCUT2D eigenvalue weighted by atomic mass is 9.84. The van der Waals surface area contributed by atoms with Crippen molar-refractivity contribution in [1.82, 2.24) is 0 Å². The number of carbonyl (C=O) groups excluding carboxylic acids is 1. The van der Waals surface area contributed by atoms with Crippen molar-refractivity contribution in [2.24, 2.45) is 5.92 Å². The van der Waals surface area contributed by atoms with E-state index in [1.54, 1.807) is 6.08 Å². The number of nitrogen functional groups attached to an aromatic ring is 1. The minimum absolute atomic E-state index is 0.118. The number of Topliss-reactive ketones (excluding diaryl/α,β-unsaturated/α-hetero) is 1. The Kier molecular flexibility index (Phi) is 3.71. The van der Waals surface area contributed by atoms with Crippen molar-refractivity contribution >= 4 is 27.7 Å². The molecule has 0 saturated heterocycles. The Morgan fingerprint density at radius 3 is 2.72 bits per heavy atom. The van der Waals surface area contributed by atoms with Crippen LogP contribution in [0.5, 0.6) is 0 Å². The molecular formula is C15H19NOS. The lowest BCUT2D eigenvalue weighted by molar-refractivity contribution is 0.0953. The molecule has 1 unspecified atom stereocenters. The first kappa shape index (κ1) is 13.1. The normalized spacial score (nSPS) is 16.0. The van der Waals surface area contributed by atoms with Crippen LogP contribution in [0.15, 0.2) is 23.6 Å². The molecule has 1 aliphatic carbocycles. The molecule has 0 aliphatic heterocycles. The number of nitrogens with two attached hydrogens (primary N) is 1. The maximum absolute atomic E-state index is 12.3. The van der Waals surface area contributed by atoms with E-state index >= 15 is 0 Å². The van der Waals surface area contributed by atoms with Crippen molar-refractivity contribution in [3.8, 4) is 0 Å². The first-order valence-electron chi connectivity index (χ1n) is 6.29. The smallest absolute Gasteiger partial charge is 0.170 e. The highest BCUT2D eigenvalue weighted by atomic mass is 32.1. The number of ketones is 1. The molecule has 1 fully saturated rings. The number of thiophene rings is 1. The van der Waals surface area contributed by atoms with Gasteiger partial charge < -0.3 is 5.73 Å². The van der Waals surface area contributed by atoms with Crippen molar-refractivity contribution in [3.63, 3.8) is 0 Å². The number of hydrogen-bond donors (Lipinski definition) is 1. The summed E-state index contributed by atoms with van der Waals surface area (Å²) in [5.41, 5.74) is 10.4. The van der Waals surface area contributed by atoms with Gasteiger partial charge in [0.1, 0.15) is 0 Å². The second-order valence-electron chi connectivity index (χ2n) is 4.86. The summed E-state index contributed by atoms with van der Waals surface area (Å²) >= 11 is 1.46. The highest BCUT2D eigenvalue weighted by Gasteiger charge is 2.23. The lowest BCUT2D eigenvalue weighted by Gasteiger charge is -2.21. The molecular weight excluding hydrogens is 242 g/mol. The van der Waals surface area contributed by atoms with E-state index in [0.29, 0.717) is 0 Å². The zero-order chi connectivity index (χ0) is 13.3. The molecule has 0 aromatic carbocycles. The van der Waals surface area contributed by atoms with E-state index in [4.69, 9.17) is 5.73 Å².